The van der Waals surface area contributed by atoms with Gasteiger partial charge in [-0.3, -0.25) is 4.79 Å². The van der Waals surface area contributed by atoms with Crippen LogP contribution in [0.15, 0.2) is 48.5 Å². The summed E-state index contributed by atoms with van der Waals surface area (Å²) in [5.74, 6) is -0.657. The molecule has 0 saturated heterocycles. The molecule has 0 aliphatic heterocycles. The highest BCUT2D eigenvalue weighted by molar-refractivity contribution is 5.94. The molecule has 1 amide bonds. The van der Waals surface area contributed by atoms with E-state index in [0.717, 1.165) is 0 Å². The topological polar surface area (TPSA) is 56.1 Å². The van der Waals surface area contributed by atoms with Crippen LogP contribution in [-0.2, 0) is 4.79 Å². The van der Waals surface area contributed by atoms with Gasteiger partial charge in [-0.2, -0.15) is 5.26 Å². The molecule has 2 aromatic rings. The van der Waals surface area contributed by atoms with Crippen LogP contribution in [-0.4, -0.2) is 19.5 Å². The maximum Gasteiger partial charge on any atom is 0.243 e. The number of hydrogen-bond acceptors (Lipinski definition) is 3. The van der Waals surface area contributed by atoms with Gasteiger partial charge in [-0.15, -0.1) is 0 Å². The van der Waals surface area contributed by atoms with Gasteiger partial charge in [-0.1, -0.05) is 18.2 Å². The largest absolute Gasteiger partial charge is 0.363 e. The first kappa shape index (κ1) is 14.5. The Morgan fingerprint density at radius 1 is 1.29 bits per heavy atom. The van der Waals surface area contributed by atoms with E-state index in [1.165, 1.54) is 11.0 Å². The van der Waals surface area contributed by atoms with Gasteiger partial charge < -0.3 is 10.2 Å². The molecule has 0 aliphatic carbocycles. The van der Waals surface area contributed by atoms with Gasteiger partial charge in [0.15, 0.2) is 0 Å². The van der Waals surface area contributed by atoms with Crippen LogP contribution in [0, 0.1) is 17.1 Å². The lowest BCUT2D eigenvalue weighted by Crippen LogP contribution is -2.30. The lowest BCUT2D eigenvalue weighted by molar-refractivity contribution is -0.114. The molecule has 2 aromatic carbocycles. The first-order valence-corrected chi connectivity index (χ1v) is 6.36. The Balaban J connectivity index is 2.02. The minimum absolute atomic E-state index is 0.0116. The second-order valence-electron chi connectivity index (χ2n) is 4.55. The van der Waals surface area contributed by atoms with Crippen LogP contribution in [0.4, 0.5) is 15.8 Å². The predicted molar refractivity (Wildman–Crippen MR) is 79.5 cm³/mol. The molecule has 0 aromatic heterocycles. The van der Waals surface area contributed by atoms with E-state index in [2.05, 4.69) is 5.32 Å². The molecular weight excluding hydrogens is 269 g/mol. The summed E-state index contributed by atoms with van der Waals surface area (Å²) in [5.41, 5.74) is 1.37. The highest BCUT2D eigenvalue weighted by Gasteiger charge is 2.11. The molecule has 0 aliphatic rings. The van der Waals surface area contributed by atoms with Crippen LogP contribution in [0.5, 0.6) is 0 Å². The SMILES string of the molecule is CN(CC(=O)Nc1cccc(C#N)c1)c1ccccc1F. The fourth-order valence-corrected chi connectivity index (χ4v) is 1.93. The Kier molecular flexibility index (Phi) is 4.52. The lowest BCUT2D eigenvalue weighted by Gasteiger charge is -2.19. The lowest BCUT2D eigenvalue weighted by atomic mass is 10.2. The summed E-state index contributed by atoms with van der Waals surface area (Å²) in [6.07, 6.45) is 0. The summed E-state index contributed by atoms with van der Waals surface area (Å²) in [7, 11) is 1.64. The van der Waals surface area contributed by atoms with Gasteiger partial charge >= 0.3 is 0 Å². The Labute approximate surface area is 122 Å². The number of para-hydroxylation sites is 1. The number of nitrogens with zero attached hydrogens (tertiary/aromatic N) is 2. The number of carbonyl (C=O) groups is 1. The van der Waals surface area contributed by atoms with E-state index >= 15 is 0 Å². The van der Waals surface area contributed by atoms with E-state index in [1.807, 2.05) is 6.07 Å². The number of hydrogen-bond donors (Lipinski definition) is 1. The quantitative estimate of drug-likeness (QED) is 0.938. The van der Waals surface area contributed by atoms with Gasteiger partial charge in [0.2, 0.25) is 5.91 Å². The first-order chi connectivity index (χ1) is 10.1. The van der Waals surface area contributed by atoms with Gasteiger partial charge in [0.05, 0.1) is 23.9 Å². The second-order valence-corrected chi connectivity index (χ2v) is 4.55. The molecule has 0 atom stereocenters. The zero-order valence-electron chi connectivity index (χ0n) is 11.5. The molecule has 0 unspecified atom stereocenters. The van der Waals surface area contributed by atoms with Gasteiger partial charge in [-0.25, -0.2) is 4.39 Å². The third-order valence-corrected chi connectivity index (χ3v) is 2.92. The normalized spacial score (nSPS) is 9.76. The molecule has 0 radical (unpaired) electrons. The van der Waals surface area contributed by atoms with E-state index in [4.69, 9.17) is 5.26 Å². The Bertz CT molecular complexity index is 694. The molecule has 106 valence electrons. The summed E-state index contributed by atoms with van der Waals surface area (Å²) in [6.45, 7) is 0.0116. The number of anilines is 2. The molecule has 21 heavy (non-hydrogen) atoms. The molecule has 2 rings (SSSR count). The Morgan fingerprint density at radius 2 is 2.05 bits per heavy atom. The number of halogens is 1. The summed E-state index contributed by atoms with van der Waals surface area (Å²) >= 11 is 0. The zero-order chi connectivity index (χ0) is 15.2. The summed E-state index contributed by atoms with van der Waals surface area (Å²) in [5, 5.41) is 11.5. The van der Waals surface area contributed by atoms with Crippen molar-refractivity contribution in [1.82, 2.24) is 0 Å². The van der Waals surface area contributed by atoms with E-state index in [9.17, 15) is 9.18 Å². The zero-order valence-corrected chi connectivity index (χ0v) is 11.5. The van der Waals surface area contributed by atoms with Crippen molar-refractivity contribution in [2.24, 2.45) is 0 Å². The van der Waals surface area contributed by atoms with Crippen LogP contribution >= 0.6 is 0 Å². The van der Waals surface area contributed by atoms with Crippen molar-refractivity contribution >= 4 is 17.3 Å². The number of rotatable bonds is 4. The van der Waals surface area contributed by atoms with Crippen molar-refractivity contribution in [3.8, 4) is 6.07 Å². The van der Waals surface area contributed by atoms with Gasteiger partial charge in [0.25, 0.3) is 0 Å². The summed E-state index contributed by atoms with van der Waals surface area (Å²) in [4.78, 5) is 13.5. The third-order valence-electron chi connectivity index (χ3n) is 2.92. The average molecular weight is 283 g/mol. The number of benzene rings is 2. The molecule has 4 nitrogen and oxygen atoms in total. The van der Waals surface area contributed by atoms with Gasteiger partial charge in [0, 0.05) is 12.7 Å². The Morgan fingerprint density at radius 3 is 2.76 bits per heavy atom. The van der Waals surface area contributed by atoms with Crippen molar-refractivity contribution < 1.29 is 9.18 Å². The summed E-state index contributed by atoms with van der Waals surface area (Å²) in [6, 6.07) is 14.9. The van der Waals surface area contributed by atoms with Crippen LogP contribution in [0.1, 0.15) is 5.56 Å². The minimum atomic E-state index is -0.376. The molecule has 0 bridgehead atoms. The number of likely N-dealkylation sites (N-methyl/N-ethyl adjacent to an activating group) is 1. The van der Waals surface area contributed by atoms with Crippen LogP contribution in [0.2, 0.25) is 0 Å². The number of nitriles is 1. The maximum absolute atomic E-state index is 13.6. The molecule has 0 heterocycles. The monoisotopic (exact) mass is 283 g/mol. The Hall–Kier alpha value is -2.87. The number of amides is 1. The third kappa shape index (κ3) is 3.80. The van der Waals surface area contributed by atoms with Crippen LogP contribution < -0.4 is 10.2 Å². The number of nitrogens with one attached hydrogen (secondary N) is 1. The van der Waals surface area contributed by atoms with Crippen molar-refractivity contribution in [3.63, 3.8) is 0 Å². The van der Waals surface area contributed by atoms with Gasteiger partial charge in [-0.05, 0) is 30.3 Å². The molecule has 0 saturated carbocycles. The first-order valence-electron chi connectivity index (χ1n) is 6.36. The minimum Gasteiger partial charge on any atom is -0.363 e. The van der Waals surface area contributed by atoms with Crippen molar-refractivity contribution in [1.29, 1.82) is 5.26 Å². The van der Waals surface area contributed by atoms with E-state index < -0.39 is 0 Å². The molecule has 0 spiro atoms. The smallest absolute Gasteiger partial charge is 0.243 e. The van der Waals surface area contributed by atoms with Crippen LogP contribution in [0.3, 0.4) is 0 Å². The predicted octanol–water partition coefficient (Wildman–Crippen LogP) is 2.77. The highest BCUT2D eigenvalue weighted by atomic mass is 19.1. The molecular formula is C16H14FN3O. The van der Waals surface area contributed by atoms with Crippen molar-refractivity contribution in [3.05, 3.63) is 59.9 Å². The standard InChI is InChI=1S/C16H14FN3O/c1-20(15-8-3-2-7-14(15)17)11-16(21)19-13-6-4-5-12(9-13)10-18/h2-9H,11H2,1H3,(H,19,21). The van der Waals surface area contributed by atoms with E-state index in [1.54, 1.807) is 49.5 Å². The molecule has 5 heteroatoms. The molecule has 1 N–H and O–H groups in total. The molecule has 0 fully saturated rings. The van der Waals surface area contributed by atoms with Crippen molar-refractivity contribution in [2.45, 2.75) is 0 Å². The van der Waals surface area contributed by atoms with Crippen molar-refractivity contribution in [2.75, 3.05) is 23.8 Å². The van der Waals surface area contributed by atoms with Crippen LogP contribution in [0.25, 0.3) is 0 Å². The highest BCUT2D eigenvalue weighted by Crippen LogP contribution is 2.17. The van der Waals surface area contributed by atoms with Gasteiger partial charge in [0.1, 0.15) is 5.82 Å². The number of carbonyl (C=O) groups excluding carboxylic acids is 1. The fraction of sp³-hybridized carbons (Fsp3) is 0.125. The van der Waals surface area contributed by atoms with E-state index in [0.29, 0.717) is 16.9 Å². The average Bonchev–Trinajstić information content (AvgIpc) is 2.47. The fourth-order valence-electron chi connectivity index (χ4n) is 1.93. The second kappa shape index (κ2) is 6.53. The van der Waals surface area contributed by atoms with E-state index in [-0.39, 0.29) is 18.3 Å². The summed E-state index contributed by atoms with van der Waals surface area (Å²) < 4.78 is 13.6. The maximum atomic E-state index is 13.6.